The van der Waals surface area contributed by atoms with Crippen LogP contribution in [0.3, 0.4) is 0 Å². The van der Waals surface area contributed by atoms with Crippen LogP contribution in [0.2, 0.25) is 0 Å². The molecule has 1 saturated carbocycles. The fraction of sp³-hybridized carbons (Fsp3) is 0.611. The van der Waals surface area contributed by atoms with E-state index in [0.717, 1.165) is 13.0 Å². The lowest BCUT2D eigenvalue weighted by atomic mass is 9.81. The zero-order chi connectivity index (χ0) is 14.9. The van der Waals surface area contributed by atoms with Gasteiger partial charge in [-0.25, -0.2) is 0 Å². The van der Waals surface area contributed by atoms with Crippen LogP contribution in [0.25, 0.3) is 0 Å². The van der Waals surface area contributed by atoms with Gasteiger partial charge in [0, 0.05) is 12.6 Å². The molecule has 116 valence electrons. The maximum Gasteiger partial charge on any atom is 0.233 e. The van der Waals surface area contributed by atoms with E-state index in [4.69, 9.17) is 0 Å². The van der Waals surface area contributed by atoms with Crippen LogP contribution < -0.4 is 10.6 Å². The topological polar surface area (TPSA) is 41.1 Å². The van der Waals surface area contributed by atoms with Gasteiger partial charge in [-0.05, 0) is 30.7 Å². The molecule has 3 heteroatoms. The minimum absolute atomic E-state index is 0.105. The van der Waals surface area contributed by atoms with Crippen molar-refractivity contribution in [2.75, 3.05) is 13.1 Å². The zero-order valence-electron chi connectivity index (χ0n) is 13.1. The van der Waals surface area contributed by atoms with E-state index >= 15 is 0 Å². The quantitative estimate of drug-likeness (QED) is 0.807. The number of carbonyl (C=O) groups is 1. The molecule has 0 heterocycles. The second kappa shape index (κ2) is 8.83. The highest BCUT2D eigenvalue weighted by molar-refractivity contribution is 5.78. The van der Waals surface area contributed by atoms with Crippen LogP contribution in [0.15, 0.2) is 30.3 Å². The van der Waals surface area contributed by atoms with Crippen molar-refractivity contribution in [2.45, 2.75) is 51.5 Å². The smallest absolute Gasteiger partial charge is 0.233 e. The fourth-order valence-corrected chi connectivity index (χ4v) is 3.21. The molecule has 1 unspecified atom stereocenters. The van der Waals surface area contributed by atoms with Gasteiger partial charge in [-0.1, -0.05) is 56.5 Å². The SMILES string of the molecule is CCCNC(=O)CNC(c1ccccc1)C1CCCCC1. The summed E-state index contributed by atoms with van der Waals surface area (Å²) < 4.78 is 0. The Morgan fingerprint density at radius 1 is 1.19 bits per heavy atom. The van der Waals surface area contributed by atoms with E-state index in [2.05, 4.69) is 47.9 Å². The largest absolute Gasteiger partial charge is 0.355 e. The number of hydrogen-bond donors (Lipinski definition) is 2. The summed E-state index contributed by atoms with van der Waals surface area (Å²) in [5.74, 6) is 0.758. The van der Waals surface area contributed by atoms with Gasteiger partial charge in [-0.2, -0.15) is 0 Å². The third-order valence-corrected chi connectivity index (χ3v) is 4.33. The molecule has 2 N–H and O–H groups in total. The highest BCUT2D eigenvalue weighted by atomic mass is 16.1. The number of benzene rings is 1. The van der Waals surface area contributed by atoms with E-state index in [9.17, 15) is 4.79 Å². The number of amides is 1. The summed E-state index contributed by atoms with van der Waals surface area (Å²) in [6.45, 7) is 3.25. The fourth-order valence-electron chi connectivity index (χ4n) is 3.21. The summed E-state index contributed by atoms with van der Waals surface area (Å²) >= 11 is 0. The van der Waals surface area contributed by atoms with Crippen LogP contribution in [0, 0.1) is 5.92 Å². The lowest BCUT2D eigenvalue weighted by Crippen LogP contribution is -2.38. The monoisotopic (exact) mass is 288 g/mol. The average molecular weight is 288 g/mol. The van der Waals surface area contributed by atoms with Crippen molar-refractivity contribution in [1.29, 1.82) is 0 Å². The van der Waals surface area contributed by atoms with E-state index in [-0.39, 0.29) is 5.91 Å². The summed E-state index contributed by atoms with van der Waals surface area (Å²) in [6, 6.07) is 10.9. The van der Waals surface area contributed by atoms with Crippen molar-refractivity contribution in [3.8, 4) is 0 Å². The molecule has 0 radical (unpaired) electrons. The van der Waals surface area contributed by atoms with Crippen LogP contribution in [0.1, 0.15) is 57.1 Å². The van der Waals surface area contributed by atoms with Crippen LogP contribution in [-0.2, 0) is 4.79 Å². The molecule has 0 saturated heterocycles. The predicted octanol–water partition coefficient (Wildman–Crippen LogP) is 3.42. The summed E-state index contributed by atoms with van der Waals surface area (Å²) in [5.41, 5.74) is 1.31. The number of carbonyl (C=O) groups excluding carboxylic acids is 1. The van der Waals surface area contributed by atoms with E-state index in [1.807, 2.05) is 0 Å². The molecule has 1 aliphatic rings. The zero-order valence-corrected chi connectivity index (χ0v) is 13.1. The highest BCUT2D eigenvalue weighted by Gasteiger charge is 2.25. The Bertz CT molecular complexity index is 412. The molecule has 21 heavy (non-hydrogen) atoms. The van der Waals surface area contributed by atoms with Crippen LogP contribution in [0.5, 0.6) is 0 Å². The lowest BCUT2D eigenvalue weighted by molar-refractivity contribution is -0.120. The molecule has 0 spiro atoms. The Morgan fingerprint density at radius 2 is 1.90 bits per heavy atom. The summed E-state index contributed by atoms with van der Waals surface area (Å²) in [6.07, 6.45) is 7.51. The van der Waals surface area contributed by atoms with Crippen molar-refractivity contribution in [3.05, 3.63) is 35.9 Å². The van der Waals surface area contributed by atoms with E-state index in [1.54, 1.807) is 0 Å². The van der Waals surface area contributed by atoms with Crippen molar-refractivity contribution >= 4 is 5.91 Å². The Hall–Kier alpha value is -1.35. The minimum Gasteiger partial charge on any atom is -0.355 e. The van der Waals surface area contributed by atoms with Gasteiger partial charge in [0.1, 0.15) is 0 Å². The molecule has 0 aromatic heterocycles. The lowest BCUT2D eigenvalue weighted by Gasteiger charge is -2.31. The first-order valence-electron chi connectivity index (χ1n) is 8.36. The van der Waals surface area contributed by atoms with Crippen molar-refractivity contribution in [1.82, 2.24) is 10.6 Å². The highest BCUT2D eigenvalue weighted by Crippen LogP contribution is 2.34. The molecule has 0 bridgehead atoms. The van der Waals surface area contributed by atoms with Gasteiger partial charge in [0.25, 0.3) is 0 Å². The molecule has 1 aromatic carbocycles. The van der Waals surface area contributed by atoms with Gasteiger partial charge < -0.3 is 10.6 Å². The summed E-state index contributed by atoms with van der Waals surface area (Å²) in [4.78, 5) is 11.8. The second-order valence-corrected chi connectivity index (χ2v) is 6.02. The normalized spacial score (nSPS) is 17.4. The van der Waals surface area contributed by atoms with E-state index < -0.39 is 0 Å². The van der Waals surface area contributed by atoms with E-state index in [1.165, 1.54) is 37.7 Å². The first kappa shape index (κ1) is 16.0. The molecule has 1 aromatic rings. The molecule has 1 atom stereocenters. The number of hydrogen-bond acceptors (Lipinski definition) is 2. The third kappa shape index (κ3) is 5.16. The Labute approximate surface area is 128 Å². The Morgan fingerprint density at radius 3 is 2.57 bits per heavy atom. The van der Waals surface area contributed by atoms with Gasteiger partial charge in [0.15, 0.2) is 0 Å². The summed E-state index contributed by atoms with van der Waals surface area (Å²) in [5, 5.41) is 6.44. The number of nitrogens with one attached hydrogen (secondary N) is 2. The minimum atomic E-state index is 0.105. The van der Waals surface area contributed by atoms with Gasteiger partial charge in [0.05, 0.1) is 6.54 Å². The number of rotatable bonds is 7. The second-order valence-electron chi connectivity index (χ2n) is 6.02. The van der Waals surface area contributed by atoms with Crippen molar-refractivity contribution in [2.24, 2.45) is 5.92 Å². The van der Waals surface area contributed by atoms with E-state index in [0.29, 0.717) is 18.5 Å². The molecule has 3 nitrogen and oxygen atoms in total. The molecular weight excluding hydrogens is 260 g/mol. The molecule has 2 rings (SSSR count). The third-order valence-electron chi connectivity index (χ3n) is 4.33. The van der Waals surface area contributed by atoms with Gasteiger partial charge >= 0.3 is 0 Å². The molecule has 1 amide bonds. The van der Waals surface area contributed by atoms with Crippen LogP contribution in [0.4, 0.5) is 0 Å². The molecule has 1 aliphatic carbocycles. The molecular formula is C18H28N2O. The first-order valence-corrected chi connectivity index (χ1v) is 8.36. The summed E-state index contributed by atoms with van der Waals surface area (Å²) in [7, 11) is 0. The maximum absolute atomic E-state index is 11.8. The van der Waals surface area contributed by atoms with Gasteiger partial charge in [-0.3, -0.25) is 4.79 Å². The standard InChI is InChI=1S/C18H28N2O/c1-2-13-19-17(21)14-20-18(15-9-5-3-6-10-15)16-11-7-4-8-12-16/h3,5-6,9-10,16,18,20H,2,4,7-8,11-14H2,1H3,(H,19,21). The van der Waals surface area contributed by atoms with Crippen LogP contribution >= 0.6 is 0 Å². The van der Waals surface area contributed by atoms with Gasteiger partial charge in [0.2, 0.25) is 5.91 Å². The Kier molecular flexibility index (Phi) is 6.74. The van der Waals surface area contributed by atoms with Crippen molar-refractivity contribution < 1.29 is 4.79 Å². The molecule has 0 aliphatic heterocycles. The predicted molar refractivity (Wildman–Crippen MR) is 87.1 cm³/mol. The Balaban J connectivity index is 1.97. The van der Waals surface area contributed by atoms with Crippen LogP contribution in [-0.4, -0.2) is 19.0 Å². The molecule has 1 fully saturated rings. The van der Waals surface area contributed by atoms with Crippen molar-refractivity contribution in [3.63, 3.8) is 0 Å². The van der Waals surface area contributed by atoms with Gasteiger partial charge in [-0.15, -0.1) is 0 Å². The maximum atomic E-state index is 11.8. The first-order chi connectivity index (χ1) is 10.3. The average Bonchev–Trinajstić information content (AvgIpc) is 2.55.